The van der Waals surface area contributed by atoms with Gasteiger partial charge < -0.3 is 9.87 Å². The Morgan fingerprint density at radius 2 is 1.65 bits per heavy atom. The third-order valence-electron chi connectivity index (χ3n) is 7.53. The molecule has 1 amide bonds. The largest absolute Gasteiger partial charge is 0.593 e. The molecule has 2 atom stereocenters. The number of aromatic nitrogens is 4. The van der Waals surface area contributed by atoms with Gasteiger partial charge in [-0.1, -0.05) is 17.7 Å². The molecule has 2 heterocycles. The highest BCUT2D eigenvalue weighted by molar-refractivity contribution is 7.92. The molecule has 2 N–H and O–H groups in total. The molecular weight excluding hydrogens is 679 g/mol. The normalized spacial score (nSPS) is 12.8. The lowest BCUT2D eigenvalue weighted by Gasteiger charge is -2.22. The first-order chi connectivity index (χ1) is 22.9. The molecule has 48 heavy (non-hydrogen) atoms. The van der Waals surface area contributed by atoms with Crippen LogP contribution >= 0.6 is 11.6 Å². The van der Waals surface area contributed by atoms with Crippen LogP contribution in [0.2, 0.25) is 5.02 Å². The lowest BCUT2D eigenvalue weighted by Crippen LogP contribution is -2.32. The van der Waals surface area contributed by atoms with E-state index in [0.717, 1.165) is 16.7 Å². The molecule has 0 aliphatic carbocycles. The van der Waals surface area contributed by atoms with Crippen molar-refractivity contribution >= 4 is 57.0 Å². The van der Waals surface area contributed by atoms with Gasteiger partial charge in [-0.3, -0.25) is 18.8 Å². The zero-order valence-electron chi connectivity index (χ0n) is 24.8. The zero-order chi connectivity index (χ0) is 34.4. The summed E-state index contributed by atoms with van der Waals surface area (Å²) in [5.41, 5.74) is -0.840. The van der Waals surface area contributed by atoms with Crippen LogP contribution in [0.4, 0.5) is 27.8 Å². The molecule has 2 unspecified atom stereocenters. The number of carbonyl (C=O) groups excluding carboxylic acids is 1. The Kier molecular flexibility index (Phi) is 8.85. The molecule has 4 aromatic carbocycles. The van der Waals surface area contributed by atoms with Crippen molar-refractivity contribution in [2.75, 3.05) is 11.0 Å². The number of anilines is 1. The number of benzene rings is 4. The summed E-state index contributed by atoms with van der Waals surface area (Å²) in [5.74, 6) is -5.25. The molecule has 0 fully saturated rings. The van der Waals surface area contributed by atoms with Gasteiger partial charge in [-0.15, -0.1) is 5.10 Å². The first kappa shape index (κ1) is 32.9. The predicted molar refractivity (Wildman–Crippen MR) is 172 cm³/mol. The first-order valence-electron chi connectivity index (χ1n) is 14.0. The van der Waals surface area contributed by atoms with E-state index < -0.39 is 57.6 Å². The number of hydrogen-bond donors (Lipinski definition) is 2. The van der Waals surface area contributed by atoms with E-state index in [1.807, 2.05) is 0 Å². The van der Waals surface area contributed by atoms with Crippen LogP contribution < -0.4 is 15.6 Å². The number of amides is 1. The Labute approximate surface area is 276 Å². The van der Waals surface area contributed by atoms with Crippen LogP contribution in [0.5, 0.6) is 0 Å². The highest BCUT2D eigenvalue weighted by Gasteiger charge is 2.27. The van der Waals surface area contributed by atoms with Crippen molar-refractivity contribution in [2.45, 2.75) is 12.5 Å². The summed E-state index contributed by atoms with van der Waals surface area (Å²) in [7, 11) is 1.56. The minimum Gasteiger partial charge on any atom is -0.593 e. The quantitative estimate of drug-likeness (QED) is 0.108. The molecule has 0 saturated heterocycles. The fraction of sp³-hybridized carbons (Fsp3) is 0.125. The molecule has 0 saturated carbocycles. The number of nitrogens with zero attached hydrogens (tertiary/aromatic N) is 4. The summed E-state index contributed by atoms with van der Waals surface area (Å²) in [6.45, 7) is 0. The highest BCUT2D eigenvalue weighted by atomic mass is 35.5. The van der Waals surface area contributed by atoms with E-state index in [-0.39, 0.29) is 56.3 Å². The molecule has 0 aliphatic rings. The summed E-state index contributed by atoms with van der Waals surface area (Å²) in [4.78, 5) is 31.0. The van der Waals surface area contributed by atoms with Gasteiger partial charge in [0.1, 0.15) is 41.2 Å². The van der Waals surface area contributed by atoms with Crippen molar-refractivity contribution in [2.24, 2.45) is 7.05 Å². The molecule has 0 aliphatic heterocycles. The molecule has 2 aromatic heterocycles. The minimum absolute atomic E-state index is 0.0228. The molecule has 0 spiro atoms. The minimum atomic E-state index is -1.56. The van der Waals surface area contributed by atoms with E-state index >= 15 is 0 Å². The van der Waals surface area contributed by atoms with Gasteiger partial charge >= 0.3 is 0 Å². The Morgan fingerprint density at radius 3 is 2.29 bits per heavy atom. The van der Waals surface area contributed by atoms with Crippen LogP contribution in [-0.2, 0) is 29.6 Å². The van der Waals surface area contributed by atoms with Crippen LogP contribution in [0.1, 0.15) is 17.4 Å². The van der Waals surface area contributed by atoms with Crippen molar-refractivity contribution in [3.63, 3.8) is 0 Å². The van der Waals surface area contributed by atoms with Gasteiger partial charge in [-0.05, 0) is 47.5 Å². The lowest BCUT2D eigenvalue weighted by atomic mass is 10.0. The maximum absolute atomic E-state index is 14.8. The second-order valence-corrected chi connectivity index (χ2v) is 12.2. The maximum atomic E-state index is 14.8. The SMILES string of the molecule is Cn1nc(N[S+](C)[O-])c2c(Cl)ccc(-n3c(C(Cc4cc(F)cc(F)c4)NC=O)nc4cc(-c5c(F)cc(F)cc5F)ccc4c3=O)c21. The Bertz CT molecular complexity index is 2270. The monoisotopic (exact) mass is 700 g/mol. The van der Waals surface area contributed by atoms with Crippen molar-refractivity contribution in [1.29, 1.82) is 0 Å². The first-order valence-corrected chi connectivity index (χ1v) is 15.9. The van der Waals surface area contributed by atoms with Gasteiger partial charge in [0.15, 0.2) is 0 Å². The smallest absolute Gasteiger partial charge is 0.266 e. The average Bonchev–Trinajstić information content (AvgIpc) is 3.32. The third-order valence-corrected chi connectivity index (χ3v) is 8.33. The van der Waals surface area contributed by atoms with Gasteiger partial charge in [-0.25, -0.2) is 26.9 Å². The molecule has 9 nitrogen and oxygen atoms in total. The van der Waals surface area contributed by atoms with E-state index in [1.54, 1.807) is 7.05 Å². The van der Waals surface area contributed by atoms with Crippen molar-refractivity contribution in [1.82, 2.24) is 24.6 Å². The Morgan fingerprint density at radius 1 is 0.979 bits per heavy atom. The number of carbonyl (C=O) groups is 1. The Balaban J connectivity index is 1.67. The summed E-state index contributed by atoms with van der Waals surface area (Å²) in [5, 5.41) is 7.40. The van der Waals surface area contributed by atoms with Gasteiger partial charge in [0.05, 0.1) is 55.5 Å². The number of fused-ring (bicyclic) bond motifs is 2. The van der Waals surface area contributed by atoms with E-state index in [4.69, 9.17) is 11.6 Å². The zero-order valence-corrected chi connectivity index (χ0v) is 26.4. The van der Waals surface area contributed by atoms with Crippen molar-refractivity contribution in [3.8, 4) is 16.8 Å². The number of rotatable bonds is 9. The topological polar surface area (TPSA) is 117 Å². The van der Waals surface area contributed by atoms with Gasteiger partial charge in [0, 0.05) is 31.7 Å². The fourth-order valence-electron chi connectivity index (χ4n) is 5.66. The van der Waals surface area contributed by atoms with E-state index in [0.29, 0.717) is 30.0 Å². The number of hydrogen-bond acceptors (Lipinski definition) is 6. The lowest BCUT2D eigenvalue weighted by molar-refractivity contribution is -0.110. The van der Waals surface area contributed by atoms with Gasteiger partial charge in [0.25, 0.3) is 5.56 Å². The van der Waals surface area contributed by atoms with Crippen molar-refractivity contribution in [3.05, 3.63) is 117 Å². The molecule has 6 rings (SSSR count). The van der Waals surface area contributed by atoms with Crippen LogP contribution in [-0.4, -0.2) is 36.6 Å². The number of halogens is 6. The maximum Gasteiger partial charge on any atom is 0.266 e. The molecule has 0 bridgehead atoms. The van der Waals surface area contributed by atoms with E-state index in [1.165, 1.54) is 41.3 Å². The van der Waals surface area contributed by atoms with Gasteiger partial charge in [0.2, 0.25) is 12.2 Å². The van der Waals surface area contributed by atoms with Crippen LogP contribution in [0.25, 0.3) is 38.6 Å². The highest BCUT2D eigenvalue weighted by Crippen LogP contribution is 2.36. The van der Waals surface area contributed by atoms with Crippen LogP contribution in [0.15, 0.2) is 65.5 Å². The number of aryl methyl sites for hydroxylation is 1. The molecule has 16 heteroatoms. The number of nitrogens with one attached hydrogen (secondary N) is 2. The molecule has 6 aromatic rings. The predicted octanol–water partition coefficient (Wildman–Crippen LogP) is 6.02. The van der Waals surface area contributed by atoms with Crippen molar-refractivity contribution < 1.29 is 31.3 Å². The molecular formula is C32H22ClF5N6O3S. The second kappa shape index (κ2) is 12.9. The van der Waals surface area contributed by atoms with Gasteiger partial charge in [-0.2, -0.15) is 4.72 Å². The average molecular weight is 701 g/mol. The third kappa shape index (κ3) is 6.07. The standard InChI is InChI=1S/C32H22ClF5N6O3S/c1-43-29-26(6-5-21(33)28(29)30(41-43)42-48(2)47)44-31(25(39-14-45)9-15-7-17(34)11-18(35)8-15)40-24-10-16(3-4-20(24)32(44)46)27-22(37)12-19(36)13-23(27)38/h3-8,10-14,25H,9H2,1-2H3,(H,39,45)(H,41,42). The fourth-order valence-corrected chi connectivity index (χ4v) is 6.32. The molecule has 246 valence electrons. The summed E-state index contributed by atoms with van der Waals surface area (Å²) < 4.78 is 88.8. The van der Waals surface area contributed by atoms with Crippen LogP contribution in [0.3, 0.4) is 0 Å². The van der Waals surface area contributed by atoms with E-state index in [2.05, 4.69) is 20.1 Å². The second-order valence-electron chi connectivity index (χ2n) is 10.7. The summed E-state index contributed by atoms with van der Waals surface area (Å²) in [6.07, 6.45) is 1.45. The van der Waals surface area contributed by atoms with E-state index in [9.17, 15) is 36.1 Å². The Hall–Kier alpha value is -4.99. The summed E-state index contributed by atoms with van der Waals surface area (Å²) >= 11 is 4.99. The summed E-state index contributed by atoms with van der Waals surface area (Å²) in [6, 6.07) is 9.34. The van der Waals surface area contributed by atoms with Crippen LogP contribution in [0, 0.1) is 29.1 Å². The molecule has 0 radical (unpaired) electrons.